The first-order chi connectivity index (χ1) is 25.1. The van der Waals surface area contributed by atoms with E-state index in [1.807, 2.05) is 0 Å². The highest BCUT2D eigenvalue weighted by Gasteiger charge is 2.19. The predicted molar refractivity (Wildman–Crippen MR) is 219 cm³/mol. The SMILES string of the molecule is CC(C)CCCCCCCCCCCCC(=O)OC[C@@H](COC(=O)CCCCCCCCC(C)C)OC(=O)CCCCCCCCCCCC(C)C. The van der Waals surface area contributed by atoms with Crippen LogP contribution in [-0.2, 0) is 28.6 Å². The molecule has 0 aromatic rings. The summed E-state index contributed by atoms with van der Waals surface area (Å²) in [6.07, 6.45) is 33.9. The molecule has 0 aromatic heterocycles. The number of carbonyl (C=O) groups is 3. The molecule has 6 nitrogen and oxygen atoms in total. The molecule has 0 aliphatic carbocycles. The maximum absolute atomic E-state index is 12.7. The Labute approximate surface area is 323 Å². The highest BCUT2D eigenvalue weighted by atomic mass is 16.6. The molecule has 6 heteroatoms. The van der Waals surface area contributed by atoms with E-state index >= 15 is 0 Å². The molecule has 0 unspecified atom stereocenters. The predicted octanol–water partition coefficient (Wildman–Crippen LogP) is 14.0. The number of hydrogen-bond donors (Lipinski definition) is 0. The minimum Gasteiger partial charge on any atom is -0.462 e. The molecule has 0 N–H and O–H groups in total. The molecule has 0 radical (unpaired) electrons. The number of hydrogen-bond acceptors (Lipinski definition) is 6. The van der Waals surface area contributed by atoms with E-state index in [1.54, 1.807) is 0 Å². The second kappa shape index (κ2) is 37.7. The normalized spacial score (nSPS) is 12.2. The molecule has 0 spiro atoms. The lowest BCUT2D eigenvalue weighted by atomic mass is 10.0. The van der Waals surface area contributed by atoms with E-state index in [0.717, 1.165) is 75.5 Å². The summed E-state index contributed by atoms with van der Waals surface area (Å²) in [5.41, 5.74) is 0. The summed E-state index contributed by atoms with van der Waals surface area (Å²) in [5, 5.41) is 0. The van der Waals surface area contributed by atoms with Gasteiger partial charge in [-0.25, -0.2) is 0 Å². The zero-order valence-electron chi connectivity index (χ0n) is 35.6. The standard InChI is InChI=1S/C46H88O6/c1-40(2)32-26-20-14-10-7-8-12-16-23-29-35-44(47)50-38-43(39-51-45(48)36-30-24-19-18-22-28-34-42(5)6)52-46(49)37-31-25-17-13-9-11-15-21-27-33-41(3)4/h40-43H,7-39H2,1-6H3/t43-/m0/s1. The maximum atomic E-state index is 12.7. The van der Waals surface area contributed by atoms with E-state index in [9.17, 15) is 14.4 Å². The van der Waals surface area contributed by atoms with Gasteiger partial charge >= 0.3 is 17.9 Å². The summed E-state index contributed by atoms with van der Waals surface area (Å²) in [6.45, 7) is 13.6. The molecule has 0 aromatic carbocycles. The van der Waals surface area contributed by atoms with Gasteiger partial charge in [-0.05, 0) is 37.0 Å². The van der Waals surface area contributed by atoms with Crippen LogP contribution in [0.4, 0.5) is 0 Å². The van der Waals surface area contributed by atoms with E-state index in [2.05, 4.69) is 41.5 Å². The quantitative estimate of drug-likeness (QED) is 0.0355. The Kier molecular flexibility index (Phi) is 36.6. The van der Waals surface area contributed by atoms with Crippen molar-refractivity contribution in [1.82, 2.24) is 0 Å². The van der Waals surface area contributed by atoms with Crippen molar-refractivity contribution in [1.29, 1.82) is 0 Å². The van der Waals surface area contributed by atoms with Gasteiger partial charge in [0.05, 0.1) is 0 Å². The molecule has 0 saturated carbocycles. The first-order valence-corrected chi connectivity index (χ1v) is 22.6. The third kappa shape index (κ3) is 39.6. The van der Waals surface area contributed by atoms with E-state index in [-0.39, 0.29) is 31.1 Å². The van der Waals surface area contributed by atoms with Crippen LogP contribution >= 0.6 is 0 Å². The van der Waals surface area contributed by atoms with Crippen LogP contribution in [-0.4, -0.2) is 37.2 Å². The summed E-state index contributed by atoms with van der Waals surface area (Å²) in [5.74, 6) is 1.52. The van der Waals surface area contributed by atoms with Crippen molar-refractivity contribution in [3.05, 3.63) is 0 Å². The van der Waals surface area contributed by atoms with Gasteiger partial charge in [0.2, 0.25) is 0 Å². The highest BCUT2D eigenvalue weighted by molar-refractivity contribution is 5.71. The molecule has 1 atom stereocenters. The lowest BCUT2D eigenvalue weighted by Crippen LogP contribution is -2.30. The number of unbranched alkanes of at least 4 members (excludes halogenated alkanes) is 22. The zero-order chi connectivity index (χ0) is 38.5. The van der Waals surface area contributed by atoms with Gasteiger partial charge in [-0.3, -0.25) is 14.4 Å². The Hall–Kier alpha value is -1.59. The van der Waals surface area contributed by atoms with Crippen LogP contribution in [0.1, 0.15) is 241 Å². The molecule has 0 aliphatic heterocycles. The van der Waals surface area contributed by atoms with Crippen LogP contribution in [0.2, 0.25) is 0 Å². The Morgan fingerprint density at radius 1 is 0.327 bits per heavy atom. The third-order valence-corrected chi connectivity index (χ3v) is 10.1. The molecule has 0 rings (SSSR count). The van der Waals surface area contributed by atoms with E-state index in [1.165, 1.54) is 122 Å². The molecular formula is C46H88O6. The van der Waals surface area contributed by atoms with Gasteiger partial charge in [0.25, 0.3) is 0 Å². The third-order valence-electron chi connectivity index (χ3n) is 10.1. The van der Waals surface area contributed by atoms with Crippen LogP contribution in [0.25, 0.3) is 0 Å². The highest BCUT2D eigenvalue weighted by Crippen LogP contribution is 2.16. The van der Waals surface area contributed by atoms with Gasteiger partial charge in [0, 0.05) is 19.3 Å². The molecule has 0 saturated heterocycles. The first kappa shape index (κ1) is 50.4. The Morgan fingerprint density at radius 2 is 0.558 bits per heavy atom. The molecule has 0 amide bonds. The molecular weight excluding hydrogens is 648 g/mol. The van der Waals surface area contributed by atoms with Crippen molar-refractivity contribution < 1.29 is 28.6 Å². The maximum Gasteiger partial charge on any atom is 0.306 e. The van der Waals surface area contributed by atoms with Crippen molar-refractivity contribution in [2.75, 3.05) is 13.2 Å². The average Bonchev–Trinajstić information content (AvgIpc) is 3.09. The Balaban J connectivity index is 4.33. The van der Waals surface area contributed by atoms with Crippen molar-refractivity contribution in [3.63, 3.8) is 0 Å². The summed E-state index contributed by atoms with van der Waals surface area (Å²) in [7, 11) is 0. The number of ether oxygens (including phenoxy) is 3. The molecule has 0 aliphatic rings. The van der Waals surface area contributed by atoms with Crippen LogP contribution < -0.4 is 0 Å². The molecule has 0 heterocycles. The van der Waals surface area contributed by atoms with Crippen LogP contribution in [0.15, 0.2) is 0 Å². The molecule has 0 fully saturated rings. The van der Waals surface area contributed by atoms with Gasteiger partial charge < -0.3 is 14.2 Å². The Bertz CT molecular complexity index is 807. The Morgan fingerprint density at radius 3 is 0.827 bits per heavy atom. The zero-order valence-corrected chi connectivity index (χ0v) is 35.6. The number of carbonyl (C=O) groups excluding carboxylic acids is 3. The van der Waals surface area contributed by atoms with Crippen molar-refractivity contribution >= 4 is 17.9 Å². The van der Waals surface area contributed by atoms with Gasteiger partial charge in [-0.15, -0.1) is 0 Å². The fourth-order valence-corrected chi connectivity index (χ4v) is 6.70. The topological polar surface area (TPSA) is 78.9 Å². The summed E-state index contributed by atoms with van der Waals surface area (Å²) in [6, 6.07) is 0. The van der Waals surface area contributed by atoms with Crippen molar-refractivity contribution in [2.24, 2.45) is 17.8 Å². The largest absolute Gasteiger partial charge is 0.462 e. The van der Waals surface area contributed by atoms with Gasteiger partial charge in [0.1, 0.15) is 13.2 Å². The minimum atomic E-state index is -0.762. The lowest BCUT2D eigenvalue weighted by Gasteiger charge is -2.18. The number of esters is 3. The van der Waals surface area contributed by atoms with Crippen molar-refractivity contribution in [2.45, 2.75) is 247 Å². The van der Waals surface area contributed by atoms with Gasteiger partial charge in [-0.1, -0.05) is 202 Å². The van der Waals surface area contributed by atoms with Crippen LogP contribution in [0.3, 0.4) is 0 Å². The summed E-state index contributed by atoms with van der Waals surface area (Å²) in [4.78, 5) is 37.6. The summed E-state index contributed by atoms with van der Waals surface area (Å²) >= 11 is 0. The van der Waals surface area contributed by atoms with Crippen LogP contribution in [0.5, 0.6) is 0 Å². The second-order valence-corrected chi connectivity index (χ2v) is 17.1. The lowest BCUT2D eigenvalue weighted by molar-refractivity contribution is -0.167. The monoisotopic (exact) mass is 737 g/mol. The van der Waals surface area contributed by atoms with Gasteiger partial charge in [-0.2, -0.15) is 0 Å². The van der Waals surface area contributed by atoms with E-state index in [4.69, 9.17) is 14.2 Å². The van der Waals surface area contributed by atoms with Gasteiger partial charge in [0.15, 0.2) is 6.10 Å². The fourth-order valence-electron chi connectivity index (χ4n) is 6.70. The first-order valence-electron chi connectivity index (χ1n) is 22.6. The van der Waals surface area contributed by atoms with E-state index in [0.29, 0.717) is 19.3 Å². The average molecular weight is 737 g/mol. The van der Waals surface area contributed by atoms with E-state index < -0.39 is 6.10 Å². The molecule has 0 bridgehead atoms. The van der Waals surface area contributed by atoms with Crippen molar-refractivity contribution in [3.8, 4) is 0 Å². The second-order valence-electron chi connectivity index (χ2n) is 17.1. The smallest absolute Gasteiger partial charge is 0.306 e. The summed E-state index contributed by atoms with van der Waals surface area (Å²) < 4.78 is 16.7. The molecule has 52 heavy (non-hydrogen) atoms. The molecule has 308 valence electrons. The minimum absolute atomic E-state index is 0.0669. The van der Waals surface area contributed by atoms with Crippen LogP contribution in [0, 0.1) is 17.8 Å². The number of rotatable bonds is 39. The fraction of sp³-hybridized carbons (Fsp3) is 0.935.